The van der Waals surface area contributed by atoms with Gasteiger partial charge in [0, 0.05) is 37.4 Å². The summed E-state index contributed by atoms with van der Waals surface area (Å²) in [6.07, 6.45) is 4.90. The number of nitrogens with zero attached hydrogens (tertiary/aromatic N) is 2. The minimum absolute atomic E-state index is 0.198. The summed E-state index contributed by atoms with van der Waals surface area (Å²) in [5.74, 6) is 1.17. The Morgan fingerprint density at radius 2 is 2.14 bits per heavy atom. The van der Waals surface area contributed by atoms with Gasteiger partial charge in [-0.2, -0.15) is 0 Å². The van der Waals surface area contributed by atoms with E-state index < -0.39 is 0 Å². The maximum absolute atomic E-state index is 4.33. The van der Waals surface area contributed by atoms with Gasteiger partial charge >= 0.3 is 0 Å². The molecular weight excluding hydrogens is 174 g/mol. The minimum Gasteiger partial charge on any atom is -0.335 e. The number of aromatic nitrogens is 2. The molecule has 1 aromatic heterocycles. The molecule has 1 N–H and O–H groups in total. The molecule has 0 unspecified atom stereocenters. The van der Waals surface area contributed by atoms with E-state index in [1.165, 1.54) is 5.82 Å². The second kappa shape index (κ2) is 4.60. The van der Waals surface area contributed by atoms with Crippen LogP contribution in [0.4, 0.5) is 0 Å². The van der Waals surface area contributed by atoms with Crippen molar-refractivity contribution in [2.75, 3.05) is 6.54 Å². The number of hydrogen-bond acceptors (Lipinski definition) is 2. The molecule has 1 heterocycles. The van der Waals surface area contributed by atoms with Crippen molar-refractivity contribution in [1.29, 1.82) is 0 Å². The molecule has 14 heavy (non-hydrogen) atoms. The van der Waals surface area contributed by atoms with Crippen LogP contribution in [0.2, 0.25) is 0 Å². The lowest BCUT2D eigenvalue weighted by Crippen LogP contribution is -2.37. The zero-order chi connectivity index (χ0) is 10.6. The summed E-state index contributed by atoms with van der Waals surface area (Å²) in [4.78, 5) is 4.33. The van der Waals surface area contributed by atoms with Crippen molar-refractivity contribution in [1.82, 2.24) is 14.9 Å². The summed E-state index contributed by atoms with van der Waals surface area (Å²) < 4.78 is 2.18. The Balaban J connectivity index is 2.38. The van der Waals surface area contributed by atoms with E-state index in [1.807, 2.05) is 12.4 Å². The highest BCUT2D eigenvalue weighted by atomic mass is 15.1. The Bertz CT molecular complexity index is 270. The Labute approximate surface area is 86.5 Å². The van der Waals surface area contributed by atoms with Gasteiger partial charge in [0.1, 0.15) is 5.82 Å². The van der Waals surface area contributed by atoms with Gasteiger partial charge in [-0.3, -0.25) is 0 Å². The second-order valence-corrected chi connectivity index (χ2v) is 4.56. The van der Waals surface area contributed by atoms with Crippen molar-refractivity contribution in [2.45, 2.75) is 46.2 Å². The molecule has 3 nitrogen and oxygen atoms in total. The van der Waals surface area contributed by atoms with E-state index in [0.717, 1.165) is 19.5 Å². The summed E-state index contributed by atoms with van der Waals surface area (Å²) in [5.41, 5.74) is 0.198. The van der Waals surface area contributed by atoms with Gasteiger partial charge in [0.05, 0.1) is 0 Å². The van der Waals surface area contributed by atoms with Crippen LogP contribution in [0.3, 0.4) is 0 Å². The van der Waals surface area contributed by atoms with Gasteiger partial charge in [-0.05, 0) is 27.7 Å². The zero-order valence-corrected chi connectivity index (χ0v) is 9.67. The first-order chi connectivity index (χ1) is 6.53. The molecular formula is C11H21N3. The first-order valence-corrected chi connectivity index (χ1v) is 5.28. The molecule has 1 aromatic rings. The standard InChI is InChI=1S/C11H21N3/c1-5-14-9-8-12-10(14)6-7-13-11(2,3)4/h8-9,13H,5-7H2,1-4H3. The van der Waals surface area contributed by atoms with Gasteiger partial charge in [-0.15, -0.1) is 0 Å². The summed E-state index contributed by atoms with van der Waals surface area (Å²) >= 11 is 0. The van der Waals surface area contributed by atoms with Crippen LogP contribution in [-0.4, -0.2) is 21.6 Å². The van der Waals surface area contributed by atoms with Crippen molar-refractivity contribution < 1.29 is 0 Å². The highest BCUT2D eigenvalue weighted by Gasteiger charge is 2.08. The molecule has 0 aromatic carbocycles. The summed E-state index contributed by atoms with van der Waals surface area (Å²) in [7, 11) is 0. The smallest absolute Gasteiger partial charge is 0.109 e. The van der Waals surface area contributed by atoms with Crippen molar-refractivity contribution >= 4 is 0 Å². The summed E-state index contributed by atoms with van der Waals surface area (Å²) in [6.45, 7) is 10.7. The number of aryl methyl sites for hydroxylation is 1. The molecule has 1 rings (SSSR count). The lowest BCUT2D eigenvalue weighted by molar-refractivity contribution is 0.425. The minimum atomic E-state index is 0.198. The largest absolute Gasteiger partial charge is 0.335 e. The molecule has 0 saturated heterocycles. The normalized spacial score (nSPS) is 12.0. The Hall–Kier alpha value is -0.830. The fourth-order valence-electron chi connectivity index (χ4n) is 1.41. The third kappa shape index (κ3) is 3.50. The topological polar surface area (TPSA) is 29.9 Å². The average Bonchev–Trinajstić information content (AvgIpc) is 2.49. The zero-order valence-electron chi connectivity index (χ0n) is 9.67. The van der Waals surface area contributed by atoms with E-state index >= 15 is 0 Å². The van der Waals surface area contributed by atoms with E-state index in [2.05, 4.69) is 42.6 Å². The molecule has 0 spiro atoms. The Kier molecular flexibility index (Phi) is 3.69. The highest BCUT2D eigenvalue weighted by molar-refractivity contribution is 4.93. The predicted molar refractivity (Wildman–Crippen MR) is 59.4 cm³/mol. The lowest BCUT2D eigenvalue weighted by Gasteiger charge is -2.20. The molecule has 0 amide bonds. The number of imidazole rings is 1. The van der Waals surface area contributed by atoms with Crippen LogP contribution in [0.5, 0.6) is 0 Å². The molecule has 0 aliphatic heterocycles. The highest BCUT2D eigenvalue weighted by Crippen LogP contribution is 2.01. The predicted octanol–water partition coefficient (Wildman–Crippen LogP) is 1.83. The van der Waals surface area contributed by atoms with Crippen molar-refractivity contribution in [3.63, 3.8) is 0 Å². The molecule has 80 valence electrons. The van der Waals surface area contributed by atoms with Crippen molar-refractivity contribution in [3.8, 4) is 0 Å². The van der Waals surface area contributed by atoms with Gasteiger partial charge in [-0.25, -0.2) is 4.98 Å². The summed E-state index contributed by atoms with van der Waals surface area (Å²) in [5, 5.41) is 3.46. The number of hydrogen-bond donors (Lipinski definition) is 1. The van der Waals surface area contributed by atoms with E-state index in [0.29, 0.717) is 0 Å². The molecule has 0 aliphatic carbocycles. The van der Waals surface area contributed by atoms with Crippen LogP contribution in [0.1, 0.15) is 33.5 Å². The molecule has 3 heteroatoms. The van der Waals surface area contributed by atoms with Gasteiger partial charge < -0.3 is 9.88 Å². The molecule has 0 saturated carbocycles. The van der Waals surface area contributed by atoms with Crippen LogP contribution in [-0.2, 0) is 13.0 Å². The Morgan fingerprint density at radius 3 is 2.71 bits per heavy atom. The van der Waals surface area contributed by atoms with E-state index in [-0.39, 0.29) is 5.54 Å². The number of rotatable bonds is 4. The van der Waals surface area contributed by atoms with Gasteiger partial charge in [0.2, 0.25) is 0 Å². The van der Waals surface area contributed by atoms with E-state index in [1.54, 1.807) is 0 Å². The maximum Gasteiger partial charge on any atom is 0.109 e. The van der Waals surface area contributed by atoms with E-state index in [4.69, 9.17) is 0 Å². The van der Waals surface area contributed by atoms with Crippen LogP contribution in [0.25, 0.3) is 0 Å². The van der Waals surface area contributed by atoms with Gasteiger partial charge in [0.15, 0.2) is 0 Å². The van der Waals surface area contributed by atoms with Gasteiger partial charge in [0.25, 0.3) is 0 Å². The van der Waals surface area contributed by atoms with Crippen molar-refractivity contribution in [2.24, 2.45) is 0 Å². The quantitative estimate of drug-likeness (QED) is 0.794. The Morgan fingerprint density at radius 1 is 1.43 bits per heavy atom. The second-order valence-electron chi connectivity index (χ2n) is 4.56. The maximum atomic E-state index is 4.33. The van der Waals surface area contributed by atoms with Gasteiger partial charge in [-0.1, -0.05) is 0 Å². The van der Waals surface area contributed by atoms with Crippen LogP contribution >= 0.6 is 0 Å². The lowest BCUT2D eigenvalue weighted by atomic mass is 10.1. The van der Waals surface area contributed by atoms with Crippen LogP contribution < -0.4 is 5.32 Å². The SMILES string of the molecule is CCn1ccnc1CCNC(C)(C)C. The van der Waals surface area contributed by atoms with E-state index in [9.17, 15) is 0 Å². The molecule has 0 atom stereocenters. The van der Waals surface area contributed by atoms with Crippen molar-refractivity contribution in [3.05, 3.63) is 18.2 Å². The third-order valence-electron chi connectivity index (χ3n) is 2.15. The average molecular weight is 195 g/mol. The third-order valence-corrected chi connectivity index (χ3v) is 2.15. The fraction of sp³-hybridized carbons (Fsp3) is 0.727. The van der Waals surface area contributed by atoms with Crippen LogP contribution in [0.15, 0.2) is 12.4 Å². The molecule has 0 fully saturated rings. The fourth-order valence-corrected chi connectivity index (χ4v) is 1.41. The first-order valence-electron chi connectivity index (χ1n) is 5.28. The monoisotopic (exact) mass is 195 g/mol. The number of nitrogens with one attached hydrogen (secondary N) is 1. The molecule has 0 bridgehead atoms. The molecule has 0 aliphatic rings. The first kappa shape index (κ1) is 11.2. The summed E-state index contributed by atoms with van der Waals surface area (Å²) in [6, 6.07) is 0. The molecule has 0 radical (unpaired) electrons. The van der Waals surface area contributed by atoms with Crippen LogP contribution in [0, 0.1) is 0 Å².